The first-order valence-electron chi connectivity index (χ1n) is 8.62. The Morgan fingerprint density at radius 2 is 1.92 bits per heavy atom. The predicted molar refractivity (Wildman–Crippen MR) is 96.0 cm³/mol. The highest BCUT2D eigenvalue weighted by molar-refractivity contribution is 5.99. The van der Waals surface area contributed by atoms with Crippen molar-refractivity contribution in [2.75, 3.05) is 32.8 Å². The van der Waals surface area contributed by atoms with Crippen molar-refractivity contribution in [2.24, 2.45) is 0 Å². The van der Waals surface area contributed by atoms with Crippen molar-refractivity contribution in [3.63, 3.8) is 0 Å². The van der Waals surface area contributed by atoms with Crippen molar-refractivity contribution < 1.29 is 9.53 Å². The molecule has 5 heteroatoms. The fourth-order valence-corrected chi connectivity index (χ4v) is 3.30. The topological polar surface area (TPSA) is 45.7 Å². The van der Waals surface area contributed by atoms with Crippen LogP contribution >= 0.6 is 0 Å². The van der Waals surface area contributed by atoms with Gasteiger partial charge in [-0.25, -0.2) is 0 Å². The number of hydrogen-bond donors (Lipinski definition) is 0. The normalized spacial score (nSPS) is 17.4. The summed E-state index contributed by atoms with van der Waals surface area (Å²) in [4.78, 5) is 21.2. The largest absolute Gasteiger partial charge is 0.488 e. The number of rotatable bonds is 3. The highest BCUT2D eigenvalue weighted by atomic mass is 16.5. The molecule has 0 N–H and O–H groups in total. The third-order valence-corrected chi connectivity index (χ3v) is 4.70. The standard InChI is InChI=1S/C20H21N3O2/c24-20(18-12-17-5-1-2-6-19(17)25-15-18)23-10-8-22(9-11-23)14-16-4-3-7-21-13-16/h1-7,12-13H,8-11,14-15H2. The first-order valence-corrected chi connectivity index (χ1v) is 8.62. The molecule has 2 aliphatic rings. The number of fused-ring (bicyclic) bond motifs is 1. The van der Waals surface area contributed by atoms with E-state index in [1.807, 2.05) is 47.5 Å². The summed E-state index contributed by atoms with van der Waals surface area (Å²) in [5.41, 5.74) is 2.92. The Labute approximate surface area is 147 Å². The van der Waals surface area contributed by atoms with E-state index in [0.29, 0.717) is 6.61 Å². The zero-order chi connectivity index (χ0) is 17.1. The fraction of sp³-hybridized carbons (Fsp3) is 0.300. The van der Waals surface area contributed by atoms with Crippen LogP contribution in [0.1, 0.15) is 11.1 Å². The van der Waals surface area contributed by atoms with E-state index in [1.165, 1.54) is 5.56 Å². The number of ether oxygens (including phenoxy) is 1. The van der Waals surface area contributed by atoms with E-state index in [4.69, 9.17) is 4.74 Å². The molecule has 25 heavy (non-hydrogen) atoms. The van der Waals surface area contributed by atoms with Gasteiger partial charge in [-0.05, 0) is 23.8 Å². The molecule has 0 aliphatic carbocycles. The van der Waals surface area contributed by atoms with Crippen LogP contribution in [0.15, 0.2) is 54.4 Å². The van der Waals surface area contributed by atoms with E-state index in [-0.39, 0.29) is 5.91 Å². The van der Waals surface area contributed by atoms with Gasteiger partial charge < -0.3 is 9.64 Å². The molecule has 0 bridgehead atoms. The number of nitrogens with zero attached hydrogens (tertiary/aromatic N) is 3. The Bertz CT molecular complexity index is 781. The van der Waals surface area contributed by atoms with Gasteiger partial charge in [0, 0.05) is 50.7 Å². The number of carbonyl (C=O) groups is 1. The second-order valence-corrected chi connectivity index (χ2v) is 6.43. The van der Waals surface area contributed by atoms with Crippen LogP contribution in [-0.4, -0.2) is 53.5 Å². The van der Waals surface area contributed by atoms with Gasteiger partial charge in [0.15, 0.2) is 0 Å². The summed E-state index contributed by atoms with van der Waals surface area (Å²) in [6.07, 6.45) is 5.65. The number of benzene rings is 1. The zero-order valence-corrected chi connectivity index (χ0v) is 14.1. The summed E-state index contributed by atoms with van der Waals surface area (Å²) in [6, 6.07) is 11.9. The zero-order valence-electron chi connectivity index (χ0n) is 14.1. The number of amides is 1. The first-order chi connectivity index (χ1) is 12.3. The molecule has 2 aliphatic heterocycles. The summed E-state index contributed by atoms with van der Waals surface area (Å²) < 4.78 is 5.72. The minimum atomic E-state index is 0.0931. The Hall–Kier alpha value is -2.66. The van der Waals surface area contributed by atoms with Gasteiger partial charge in [-0.3, -0.25) is 14.7 Å². The van der Waals surface area contributed by atoms with Crippen LogP contribution in [0.3, 0.4) is 0 Å². The Morgan fingerprint density at radius 1 is 1.08 bits per heavy atom. The Kier molecular flexibility index (Phi) is 4.48. The lowest BCUT2D eigenvalue weighted by Gasteiger charge is -2.35. The Balaban J connectivity index is 1.36. The van der Waals surface area contributed by atoms with E-state index in [9.17, 15) is 4.79 Å². The minimum Gasteiger partial charge on any atom is -0.488 e. The van der Waals surface area contributed by atoms with Crippen molar-refractivity contribution in [1.82, 2.24) is 14.8 Å². The number of pyridine rings is 1. The van der Waals surface area contributed by atoms with E-state index in [0.717, 1.165) is 49.6 Å². The van der Waals surface area contributed by atoms with Crippen LogP contribution in [0.5, 0.6) is 5.75 Å². The van der Waals surface area contributed by atoms with Crippen molar-refractivity contribution in [1.29, 1.82) is 0 Å². The highest BCUT2D eigenvalue weighted by Gasteiger charge is 2.25. The van der Waals surface area contributed by atoms with Crippen molar-refractivity contribution in [2.45, 2.75) is 6.54 Å². The molecule has 4 rings (SSSR count). The van der Waals surface area contributed by atoms with Crippen LogP contribution in [0, 0.1) is 0 Å². The van der Waals surface area contributed by atoms with Gasteiger partial charge in [-0.2, -0.15) is 0 Å². The van der Waals surface area contributed by atoms with Crippen LogP contribution in [-0.2, 0) is 11.3 Å². The summed E-state index contributed by atoms with van der Waals surface area (Å²) in [7, 11) is 0. The van der Waals surface area contributed by atoms with Gasteiger partial charge in [-0.1, -0.05) is 24.3 Å². The Morgan fingerprint density at radius 3 is 2.72 bits per heavy atom. The van der Waals surface area contributed by atoms with Gasteiger partial charge in [0.2, 0.25) is 0 Å². The molecule has 1 aromatic heterocycles. The molecule has 0 unspecified atom stereocenters. The maximum atomic E-state index is 12.8. The van der Waals surface area contributed by atoms with Gasteiger partial charge in [0.1, 0.15) is 12.4 Å². The monoisotopic (exact) mass is 335 g/mol. The van der Waals surface area contributed by atoms with Crippen LogP contribution in [0.25, 0.3) is 6.08 Å². The van der Waals surface area contributed by atoms with E-state index in [2.05, 4.69) is 16.0 Å². The minimum absolute atomic E-state index is 0.0931. The van der Waals surface area contributed by atoms with Crippen LogP contribution < -0.4 is 4.74 Å². The first kappa shape index (κ1) is 15.8. The second kappa shape index (κ2) is 7.07. The smallest absolute Gasteiger partial charge is 0.253 e. The number of aromatic nitrogens is 1. The molecule has 128 valence electrons. The average molecular weight is 335 g/mol. The molecule has 1 saturated heterocycles. The van der Waals surface area contributed by atoms with E-state index < -0.39 is 0 Å². The summed E-state index contributed by atoms with van der Waals surface area (Å²) in [6.45, 7) is 4.49. The number of para-hydroxylation sites is 1. The molecule has 0 saturated carbocycles. The molecule has 5 nitrogen and oxygen atoms in total. The molecule has 0 atom stereocenters. The fourth-order valence-electron chi connectivity index (χ4n) is 3.30. The molecule has 3 heterocycles. The summed E-state index contributed by atoms with van der Waals surface area (Å²) in [5, 5.41) is 0. The van der Waals surface area contributed by atoms with Gasteiger partial charge in [-0.15, -0.1) is 0 Å². The van der Waals surface area contributed by atoms with Crippen molar-refractivity contribution in [3.05, 3.63) is 65.5 Å². The van der Waals surface area contributed by atoms with Crippen molar-refractivity contribution >= 4 is 12.0 Å². The lowest BCUT2D eigenvalue weighted by atomic mass is 10.1. The summed E-state index contributed by atoms with van der Waals surface area (Å²) in [5.74, 6) is 0.941. The number of hydrogen-bond acceptors (Lipinski definition) is 4. The van der Waals surface area contributed by atoms with Crippen LogP contribution in [0.4, 0.5) is 0 Å². The van der Waals surface area contributed by atoms with Crippen LogP contribution in [0.2, 0.25) is 0 Å². The molecular weight excluding hydrogens is 314 g/mol. The third kappa shape index (κ3) is 3.56. The molecule has 2 aromatic rings. The maximum absolute atomic E-state index is 12.8. The number of piperazine rings is 1. The second-order valence-electron chi connectivity index (χ2n) is 6.43. The molecular formula is C20H21N3O2. The molecule has 0 spiro atoms. The van der Waals surface area contributed by atoms with E-state index in [1.54, 1.807) is 6.20 Å². The molecule has 1 amide bonds. The lowest BCUT2D eigenvalue weighted by molar-refractivity contribution is -0.129. The van der Waals surface area contributed by atoms with Gasteiger partial charge in [0.05, 0.1) is 5.57 Å². The average Bonchev–Trinajstić information content (AvgIpc) is 2.68. The molecule has 1 fully saturated rings. The predicted octanol–water partition coefficient (Wildman–Crippen LogP) is 2.20. The van der Waals surface area contributed by atoms with E-state index >= 15 is 0 Å². The lowest BCUT2D eigenvalue weighted by Crippen LogP contribution is -2.49. The maximum Gasteiger partial charge on any atom is 0.253 e. The third-order valence-electron chi connectivity index (χ3n) is 4.70. The van der Waals surface area contributed by atoms with Gasteiger partial charge in [0.25, 0.3) is 5.91 Å². The molecule has 0 radical (unpaired) electrons. The highest BCUT2D eigenvalue weighted by Crippen LogP contribution is 2.26. The quantitative estimate of drug-likeness (QED) is 0.863. The summed E-state index contributed by atoms with van der Waals surface area (Å²) >= 11 is 0. The van der Waals surface area contributed by atoms with Gasteiger partial charge >= 0.3 is 0 Å². The number of carbonyl (C=O) groups excluding carboxylic acids is 1. The van der Waals surface area contributed by atoms with Crippen molar-refractivity contribution in [3.8, 4) is 5.75 Å². The molecule has 1 aromatic carbocycles. The SMILES string of the molecule is O=C(C1=Cc2ccccc2OC1)N1CCN(Cc2cccnc2)CC1.